The molecular formula is C14H18N2O3S. The van der Waals surface area contributed by atoms with Crippen molar-refractivity contribution in [3.05, 3.63) is 46.7 Å². The van der Waals surface area contributed by atoms with Gasteiger partial charge >= 0.3 is 0 Å². The van der Waals surface area contributed by atoms with E-state index < -0.39 is 10.0 Å². The maximum Gasteiger partial charge on any atom is 0.241 e. The zero-order chi connectivity index (χ0) is 14.9. The Hall–Kier alpha value is -1.66. The molecule has 1 heterocycles. The molecule has 0 unspecified atom stereocenters. The van der Waals surface area contributed by atoms with Crippen molar-refractivity contribution < 1.29 is 12.8 Å². The first-order chi connectivity index (χ1) is 9.31. The highest BCUT2D eigenvalue weighted by molar-refractivity contribution is 7.89. The zero-order valence-electron chi connectivity index (χ0n) is 12.0. The summed E-state index contributed by atoms with van der Waals surface area (Å²) in [6.45, 7) is 7.42. The molecule has 0 spiro atoms. The SMILES string of the molecule is Cc1cc(C)c(S(=O)(=O)NCc2ocnc2C)c(C)c1. The fourth-order valence-electron chi connectivity index (χ4n) is 2.32. The Kier molecular flexibility index (Phi) is 3.96. The van der Waals surface area contributed by atoms with E-state index in [4.69, 9.17) is 4.42 Å². The van der Waals surface area contributed by atoms with Crippen LogP contribution in [0.5, 0.6) is 0 Å². The van der Waals surface area contributed by atoms with Gasteiger partial charge in [-0.1, -0.05) is 17.7 Å². The number of benzene rings is 1. The van der Waals surface area contributed by atoms with Crippen LogP contribution >= 0.6 is 0 Å². The van der Waals surface area contributed by atoms with Gasteiger partial charge in [-0.15, -0.1) is 0 Å². The maximum absolute atomic E-state index is 12.4. The van der Waals surface area contributed by atoms with Crippen molar-refractivity contribution in [3.8, 4) is 0 Å². The van der Waals surface area contributed by atoms with Crippen molar-refractivity contribution in [2.45, 2.75) is 39.1 Å². The Morgan fingerprint density at radius 3 is 2.25 bits per heavy atom. The van der Waals surface area contributed by atoms with E-state index in [0.29, 0.717) is 16.3 Å². The summed E-state index contributed by atoms with van der Waals surface area (Å²) in [7, 11) is -3.57. The van der Waals surface area contributed by atoms with Gasteiger partial charge in [0.05, 0.1) is 17.1 Å². The quantitative estimate of drug-likeness (QED) is 0.939. The molecule has 0 bridgehead atoms. The van der Waals surface area contributed by atoms with Crippen LogP contribution < -0.4 is 4.72 Å². The minimum Gasteiger partial charge on any atom is -0.447 e. The zero-order valence-corrected chi connectivity index (χ0v) is 12.8. The summed E-state index contributed by atoms with van der Waals surface area (Å²) in [6.07, 6.45) is 1.31. The van der Waals surface area contributed by atoms with Crippen molar-refractivity contribution in [3.63, 3.8) is 0 Å². The fourth-order valence-corrected chi connectivity index (χ4v) is 3.75. The third kappa shape index (κ3) is 2.91. The molecule has 1 N–H and O–H groups in total. The van der Waals surface area contributed by atoms with Gasteiger partial charge in [0.1, 0.15) is 5.76 Å². The highest BCUT2D eigenvalue weighted by Crippen LogP contribution is 2.21. The molecule has 5 nitrogen and oxygen atoms in total. The minimum atomic E-state index is -3.57. The summed E-state index contributed by atoms with van der Waals surface area (Å²) >= 11 is 0. The summed E-state index contributed by atoms with van der Waals surface area (Å²) < 4.78 is 32.5. The lowest BCUT2D eigenvalue weighted by atomic mass is 10.1. The second-order valence-corrected chi connectivity index (χ2v) is 6.62. The molecule has 0 saturated carbocycles. The van der Waals surface area contributed by atoms with E-state index in [1.807, 2.05) is 19.1 Å². The Morgan fingerprint density at radius 1 is 1.15 bits per heavy atom. The van der Waals surface area contributed by atoms with Gasteiger partial charge in [-0.2, -0.15) is 0 Å². The minimum absolute atomic E-state index is 0.0981. The predicted octanol–water partition coefficient (Wildman–Crippen LogP) is 2.39. The third-order valence-corrected chi connectivity index (χ3v) is 4.85. The number of oxazole rings is 1. The molecule has 0 aliphatic carbocycles. The largest absolute Gasteiger partial charge is 0.447 e. The number of nitrogens with zero attached hydrogens (tertiary/aromatic N) is 1. The van der Waals surface area contributed by atoms with E-state index in [9.17, 15) is 8.42 Å². The third-order valence-electron chi connectivity index (χ3n) is 3.14. The fraction of sp³-hybridized carbons (Fsp3) is 0.357. The van der Waals surface area contributed by atoms with Gasteiger partial charge in [-0.05, 0) is 38.8 Å². The molecule has 2 aromatic rings. The van der Waals surface area contributed by atoms with Crippen LogP contribution in [-0.4, -0.2) is 13.4 Å². The first-order valence-corrected chi connectivity index (χ1v) is 7.76. The normalized spacial score (nSPS) is 11.8. The predicted molar refractivity (Wildman–Crippen MR) is 75.9 cm³/mol. The highest BCUT2D eigenvalue weighted by atomic mass is 32.2. The molecule has 0 atom stereocenters. The molecule has 1 aromatic heterocycles. The number of nitrogens with one attached hydrogen (secondary N) is 1. The van der Waals surface area contributed by atoms with Gasteiger partial charge in [0.2, 0.25) is 10.0 Å². The molecule has 2 rings (SSSR count). The van der Waals surface area contributed by atoms with Crippen molar-refractivity contribution in [1.29, 1.82) is 0 Å². The molecule has 108 valence electrons. The number of aryl methyl sites for hydroxylation is 4. The van der Waals surface area contributed by atoms with Crippen LogP contribution in [0.3, 0.4) is 0 Å². The lowest BCUT2D eigenvalue weighted by molar-refractivity contribution is 0.492. The number of aromatic nitrogens is 1. The standard InChI is InChI=1S/C14H18N2O3S/c1-9-5-10(2)14(11(3)6-9)20(17,18)16-7-13-12(4)15-8-19-13/h5-6,8,16H,7H2,1-4H3. The van der Waals surface area contributed by atoms with E-state index in [0.717, 1.165) is 16.7 Å². The van der Waals surface area contributed by atoms with E-state index in [1.54, 1.807) is 20.8 Å². The number of sulfonamides is 1. The molecule has 6 heteroatoms. The molecule has 20 heavy (non-hydrogen) atoms. The molecule has 0 saturated heterocycles. The van der Waals surface area contributed by atoms with Gasteiger partial charge in [0, 0.05) is 0 Å². The van der Waals surface area contributed by atoms with Gasteiger partial charge in [0.15, 0.2) is 6.39 Å². The number of rotatable bonds is 4. The monoisotopic (exact) mass is 294 g/mol. The summed E-state index contributed by atoms with van der Waals surface area (Å²) in [5.41, 5.74) is 3.21. The van der Waals surface area contributed by atoms with Crippen molar-refractivity contribution in [2.24, 2.45) is 0 Å². The number of hydrogen-bond donors (Lipinski definition) is 1. The van der Waals surface area contributed by atoms with E-state index >= 15 is 0 Å². The van der Waals surface area contributed by atoms with Crippen LogP contribution in [0.1, 0.15) is 28.1 Å². The molecule has 0 fully saturated rings. The van der Waals surface area contributed by atoms with E-state index in [-0.39, 0.29) is 6.54 Å². The van der Waals surface area contributed by atoms with Crippen LogP contribution in [0.4, 0.5) is 0 Å². The van der Waals surface area contributed by atoms with Gasteiger partial charge in [-0.3, -0.25) is 0 Å². The van der Waals surface area contributed by atoms with Crippen LogP contribution in [-0.2, 0) is 16.6 Å². The highest BCUT2D eigenvalue weighted by Gasteiger charge is 2.20. The molecule has 0 radical (unpaired) electrons. The van der Waals surface area contributed by atoms with E-state index in [2.05, 4.69) is 9.71 Å². The molecular weight excluding hydrogens is 276 g/mol. The topological polar surface area (TPSA) is 72.2 Å². The second-order valence-electron chi connectivity index (χ2n) is 4.91. The maximum atomic E-state index is 12.4. The Morgan fingerprint density at radius 2 is 1.75 bits per heavy atom. The van der Waals surface area contributed by atoms with Crippen LogP contribution in [0, 0.1) is 27.7 Å². The summed E-state index contributed by atoms with van der Waals surface area (Å²) in [5, 5.41) is 0. The Bertz CT molecular complexity index is 710. The summed E-state index contributed by atoms with van der Waals surface area (Å²) in [4.78, 5) is 4.27. The smallest absolute Gasteiger partial charge is 0.241 e. The Labute approximate surface area is 119 Å². The first-order valence-electron chi connectivity index (χ1n) is 6.28. The van der Waals surface area contributed by atoms with Crippen molar-refractivity contribution >= 4 is 10.0 Å². The second kappa shape index (κ2) is 5.38. The van der Waals surface area contributed by atoms with Gasteiger partial charge in [0.25, 0.3) is 0 Å². The van der Waals surface area contributed by atoms with Crippen molar-refractivity contribution in [1.82, 2.24) is 9.71 Å². The molecule has 0 aliphatic heterocycles. The molecule has 1 aromatic carbocycles. The van der Waals surface area contributed by atoms with Gasteiger partial charge in [-0.25, -0.2) is 18.1 Å². The van der Waals surface area contributed by atoms with Gasteiger partial charge < -0.3 is 4.42 Å². The van der Waals surface area contributed by atoms with E-state index in [1.165, 1.54) is 6.39 Å². The first kappa shape index (κ1) is 14.7. The van der Waals surface area contributed by atoms with Crippen molar-refractivity contribution in [2.75, 3.05) is 0 Å². The average molecular weight is 294 g/mol. The molecule has 0 amide bonds. The summed E-state index contributed by atoms with van der Waals surface area (Å²) in [6, 6.07) is 3.72. The molecule has 0 aliphatic rings. The van der Waals surface area contributed by atoms with Crippen LogP contribution in [0.25, 0.3) is 0 Å². The van der Waals surface area contributed by atoms with Crippen LogP contribution in [0.15, 0.2) is 27.8 Å². The Balaban J connectivity index is 2.30. The van der Waals surface area contributed by atoms with Crippen LogP contribution in [0.2, 0.25) is 0 Å². The average Bonchev–Trinajstić information content (AvgIpc) is 2.70. The summed E-state index contributed by atoms with van der Waals surface area (Å²) in [5.74, 6) is 0.524. The lowest BCUT2D eigenvalue weighted by Gasteiger charge is -2.12. The lowest BCUT2D eigenvalue weighted by Crippen LogP contribution is -2.25. The number of hydrogen-bond acceptors (Lipinski definition) is 4.